The van der Waals surface area contributed by atoms with E-state index in [0.717, 1.165) is 5.56 Å². The Kier molecular flexibility index (Phi) is 4.74. The van der Waals surface area contributed by atoms with Gasteiger partial charge in [-0.25, -0.2) is 0 Å². The first-order valence-corrected chi connectivity index (χ1v) is 6.82. The fourth-order valence-electron chi connectivity index (χ4n) is 2.34. The number of ether oxygens (including phenoxy) is 2. The highest BCUT2D eigenvalue weighted by Gasteiger charge is 2.55. The monoisotopic (exact) mass is 277 g/mol. The molecular weight excluding hydrogens is 258 g/mol. The third-order valence-corrected chi connectivity index (χ3v) is 3.21. The molecule has 2 rings (SSSR count). The number of esters is 2. The zero-order valence-electron chi connectivity index (χ0n) is 11.7. The number of hydrogen-bond donors (Lipinski definition) is 0. The van der Waals surface area contributed by atoms with Crippen molar-refractivity contribution in [2.24, 2.45) is 0 Å². The van der Waals surface area contributed by atoms with Gasteiger partial charge < -0.3 is 9.47 Å². The first-order valence-electron chi connectivity index (χ1n) is 6.82. The van der Waals surface area contributed by atoms with E-state index in [-0.39, 0.29) is 30.6 Å². The third-order valence-electron chi connectivity index (χ3n) is 3.21. The van der Waals surface area contributed by atoms with Gasteiger partial charge in [-0.05, 0) is 19.4 Å². The molecular formula is C15H19NO4. The molecule has 1 aliphatic heterocycles. The standard InChI is InChI=1S/C15H19NO4/c1-3-19-12(17)10-16-13(11-8-6-5-7-9-11)14(16)15(18)20-4-2/h5-9,13-14H,3-4,10H2,1-2H3/t13-,14+,16?/m1/s1. The quantitative estimate of drug-likeness (QED) is 0.583. The van der Waals surface area contributed by atoms with Gasteiger partial charge in [0.25, 0.3) is 0 Å². The normalized spacial score (nSPS) is 24.0. The van der Waals surface area contributed by atoms with E-state index < -0.39 is 0 Å². The van der Waals surface area contributed by atoms with Crippen molar-refractivity contribution < 1.29 is 19.1 Å². The summed E-state index contributed by atoms with van der Waals surface area (Å²) in [6.45, 7) is 4.32. The molecule has 1 saturated heterocycles. The van der Waals surface area contributed by atoms with Crippen LogP contribution in [0.2, 0.25) is 0 Å². The van der Waals surface area contributed by atoms with Crippen LogP contribution in [0.15, 0.2) is 30.3 Å². The Morgan fingerprint density at radius 1 is 1.10 bits per heavy atom. The van der Waals surface area contributed by atoms with Crippen LogP contribution in [0, 0.1) is 0 Å². The van der Waals surface area contributed by atoms with Crippen LogP contribution in [0.25, 0.3) is 0 Å². The first-order chi connectivity index (χ1) is 9.69. The van der Waals surface area contributed by atoms with Crippen molar-refractivity contribution in [3.05, 3.63) is 35.9 Å². The summed E-state index contributed by atoms with van der Waals surface area (Å²) in [6, 6.07) is 9.16. The van der Waals surface area contributed by atoms with Crippen LogP contribution in [0.3, 0.4) is 0 Å². The molecule has 5 heteroatoms. The van der Waals surface area contributed by atoms with Crippen LogP contribution in [-0.4, -0.2) is 42.6 Å². The average molecular weight is 277 g/mol. The minimum Gasteiger partial charge on any atom is -0.465 e. The zero-order chi connectivity index (χ0) is 14.5. The number of benzene rings is 1. The highest BCUT2D eigenvalue weighted by Crippen LogP contribution is 2.43. The smallest absolute Gasteiger partial charge is 0.325 e. The molecule has 1 heterocycles. The number of hydrogen-bond acceptors (Lipinski definition) is 5. The Morgan fingerprint density at radius 2 is 1.75 bits per heavy atom. The zero-order valence-corrected chi connectivity index (χ0v) is 11.7. The van der Waals surface area contributed by atoms with Gasteiger partial charge in [0, 0.05) is 0 Å². The Hall–Kier alpha value is -1.88. The second-order valence-corrected chi connectivity index (χ2v) is 4.53. The summed E-state index contributed by atoms with van der Waals surface area (Å²) in [7, 11) is 0. The van der Waals surface area contributed by atoms with E-state index in [1.807, 2.05) is 30.3 Å². The molecule has 0 aliphatic carbocycles. The molecule has 108 valence electrons. The van der Waals surface area contributed by atoms with E-state index >= 15 is 0 Å². The van der Waals surface area contributed by atoms with Gasteiger partial charge in [0.05, 0.1) is 25.8 Å². The third kappa shape index (κ3) is 3.17. The van der Waals surface area contributed by atoms with Crippen molar-refractivity contribution in [3.63, 3.8) is 0 Å². The van der Waals surface area contributed by atoms with Crippen molar-refractivity contribution in [2.45, 2.75) is 25.9 Å². The van der Waals surface area contributed by atoms with Gasteiger partial charge >= 0.3 is 11.9 Å². The highest BCUT2D eigenvalue weighted by molar-refractivity contribution is 5.83. The van der Waals surface area contributed by atoms with E-state index in [2.05, 4.69) is 0 Å². The van der Waals surface area contributed by atoms with Gasteiger partial charge in [-0.3, -0.25) is 14.5 Å². The molecule has 1 aromatic carbocycles. The van der Waals surface area contributed by atoms with Crippen molar-refractivity contribution in [1.29, 1.82) is 0 Å². The SMILES string of the molecule is CCOC(=O)CN1[C@H](C(=O)OCC)[C@H]1c1ccccc1. The minimum atomic E-state index is -0.387. The van der Waals surface area contributed by atoms with E-state index in [0.29, 0.717) is 13.2 Å². The first kappa shape index (κ1) is 14.5. The van der Waals surface area contributed by atoms with Crippen molar-refractivity contribution in [1.82, 2.24) is 4.90 Å². The summed E-state index contributed by atoms with van der Waals surface area (Å²) in [6.07, 6.45) is 0. The number of carbonyl (C=O) groups excluding carboxylic acids is 2. The average Bonchev–Trinajstić information content (AvgIpc) is 3.14. The predicted molar refractivity (Wildman–Crippen MR) is 72.9 cm³/mol. The number of nitrogens with zero attached hydrogens (tertiary/aromatic N) is 1. The minimum absolute atomic E-state index is 0.0975. The van der Waals surface area contributed by atoms with Crippen LogP contribution < -0.4 is 0 Å². The van der Waals surface area contributed by atoms with E-state index in [9.17, 15) is 9.59 Å². The van der Waals surface area contributed by atoms with E-state index in [4.69, 9.17) is 9.47 Å². The number of rotatable bonds is 6. The molecule has 0 amide bonds. The fraction of sp³-hybridized carbons (Fsp3) is 0.467. The molecule has 0 saturated carbocycles. The van der Waals surface area contributed by atoms with Crippen molar-refractivity contribution >= 4 is 11.9 Å². The molecule has 0 aromatic heterocycles. The van der Waals surface area contributed by atoms with Crippen LogP contribution >= 0.6 is 0 Å². The predicted octanol–water partition coefficient (Wildman–Crippen LogP) is 1.54. The molecule has 3 atom stereocenters. The maximum atomic E-state index is 11.9. The molecule has 1 unspecified atom stereocenters. The lowest BCUT2D eigenvalue weighted by Gasteiger charge is -2.04. The molecule has 20 heavy (non-hydrogen) atoms. The molecule has 5 nitrogen and oxygen atoms in total. The summed E-state index contributed by atoms with van der Waals surface area (Å²) in [5.74, 6) is -0.606. The summed E-state index contributed by atoms with van der Waals surface area (Å²) < 4.78 is 9.99. The van der Waals surface area contributed by atoms with Crippen LogP contribution in [0.5, 0.6) is 0 Å². The van der Waals surface area contributed by atoms with Gasteiger partial charge in [-0.1, -0.05) is 30.3 Å². The Labute approximate surface area is 118 Å². The Balaban J connectivity index is 2.08. The van der Waals surface area contributed by atoms with Gasteiger partial charge in [-0.15, -0.1) is 0 Å². The highest BCUT2D eigenvalue weighted by atomic mass is 16.5. The molecule has 0 bridgehead atoms. The summed E-state index contributed by atoms with van der Waals surface area (Å²) in [4.78, 5) is 25.3. The lowest BCUT2D eigenvalue weighted by molar-refractivity contribution is -0.145. The number of carbonyl (C=O) groups is 2. The van der Waals surface area contributed by atoms with Gasteiger partial charge in [0.2, 0.25) is 0 Å². The molecule has 0 radical (unpaired) electrons. The molecule has 1 fully saturated rings. The lowest BCUT2D eigenvalue weighted by Crippen LogP contribution is -2.22. The second-order valence-electron chi connectivity index (χ2n) is 4.53. The van der Waals surface area contributed by atoms with Crippen LogP contribution in [-0.2, 0) is 19.1 Å². The van der Waals surface area contributed by atoms with E-state index in [1.54, 1.807) is 18.7 Å². The van der Waals surface area contributed by atoms with Crippen LogP contribution in [0.4, 0.5) is 0 Å². The summed E-state index contributed by atoms with van der Waals surface area (Å²) in [5.41, 5.74) is 1.01. The topological polar surface area (TPSA) is 55.6 Å². The largest absolute Gasteiger partial charge is 0.465 e. The van der Waals surface area contributed by atoms with Gasteiger partial charge in [0.1, 0.15) is 6.04 Å². The second kappa shape index (κ2) is 6.52. The molecule has 1 aliphatic rings. The van der Waals surface area contributed by atoms with E-state index in [1.165, 1.54) is 0 Å². The molecule has 0 N–H and O–H groups in total. The molecule has 1 aromatic rings. The maximum Gasteiger partial charge on any atom is 0.325 e. The van der Waals surface area contributed by atoms with Gasteiger partial charge in [-0.2, -0.15) is 0 Å². The van der Waals surface area contributed by atoms with Crippen molar-refractivity contribution in [2.75, 3.05) is 19.8 Å². The Bertz CT molecular complexity index is 474. The fourth-order valence-corrected chi connectivity index (χ4v) is 2.34. The van der Waals surface area contributed by atoms with Crippen LogP contribution in [0.1, 0.15) is 25.5 Å². The Morgan fingerprint density at radius 3 is 2.35 bits per heavy atom. The summed E-state index contributed by atoms with van der Waals surface area (Å²) >= 11 is 0. The summed E-state index contributed by atoms with van der Waals surface area (Å²) in [5, 5.41) is 0. The molecule has 0 spiro atoms. The lowest BCUT2D eigenvalue weighted by atomic mass is 10.1. The maximum absolute atomic E-state index is 11.9. The van der Waals surface area contributed by atoms with Crippen molar-refractivity contribution in [3.8, 4) is 0 Å². The van der Waals surface area contributed by atoms with Gasteiger partial charge in [0.15, 0.2) is 0 Å².